The summed E-state index contributed by atoms with van der Waals surface area (Å²) >= 11 is 0. The van der Waals surface area contributed by atoms with Crippen LogP contribution in [-0.2, 0) is 10.8 Å². The summed E-state index contributed by atoms with van der Waals surface area (Å²) in [6.07, 6.45) is 0. The Balaban J connectivity index is 2.19. The molecule has 0 unspecified atom stereocenters. The zero-order chi connectivity index (χ0) is 24.1. The summed E-state index contributed by atoms with van der Waals surface area (Å²) < 4.78 is 6.44. The monoisotopic (exact) mass is 448 g/mol. The van der Waals surface area contributed by atoms with Crippen LogP contribution in [0, 0.1) is 5.41 Å². The summed E-state index contributed by atoms with van der Waals surface area (Å²) in [6, 6.07) is 26.8. The Labute approximate surface area is 197 Å². The molecule has 0 aliphatic heterocycles. The minimum absolute atomic E-state index is 0.00372. The van der Waals surface area contributed by atoms with Crippen molar-refractivity contribution in [2.24, 2.45) is 5.41 Å². The molecule has 0 aliphatic carbocycles. The van der Waals surface area contributed by atoms with Crippen molar-refractivity contribution in [3.8, 4) is 5.75 Å². The quantitative estimate of drug-likeness (QED) is 0.421. The predicted octanol–water partition coefficient (Wildman–Crippen LogP) is 4.68. The van der Waals surface area contributed by atoms with E-state index in [1.54, 1.807) is 0 Å². The van der Waals surface area contributed by atoms with E-state index in [0.29, 0.717) is 0 Å². The third-order valence-electron chi connectivity index (χ3n) is 6.88. The highest BCUT2D eigenvalue weighted by Crippen LogP contribution is 2.45. The van der Waals surface area contributed by atoms with Crippen molar-refractivity contribution < 1.29 is 20.1 Å². The van der Waals surface area contributed by atoms with E-state index in [0.717, 1.165) is 28.0 Å². The molecule has 33 heavy (non-hydrogen) atoms. The van der Waals surface area contributed by atoms with Crippen LogP contribution in [0.5, 0.6) is 5.75 Å². The molecule has 0 atom stereocenters. The van der Waals surface area contributed by atoms with Crippen molar-refractivity contribution in [1.29, 1.82) is 0 Å². The van der Waals surface area contributed by atoms with E-state index in [1.807, 2.05) is 36.4 Å². The van der Waals surface area contributed by atoms with Crippen LogP contribution in [-0.4, -0.2) is 41.7 Å². The molecule has 3 aromatic rings. The van der Waals surface area contributed by atoms with E-state index < -0.39 is 5.41 Å². The second kappa shape index (κ2) is 10.1. The molecule has 0 amide bonds. The van der Waals surface area contributed by atoms with Crippen LogP contribution in [0.15, 0.2) is 78.9 Å². The Morgan fingerprint density at radius 2 is 0.970 bits per heavy atom. The van der Waals surface area contributed by atoms with Crippen LogP contribution in [0.2, 0.25) is 0 Å². The topological polar surface area (TPSA) is 69.9 Å². The van der Waals surface area contributed by atoms with Crippen molar-refractivity contribution in [3.63, 3.8) is 0 Å². The van der Waals surface area contributed by atoms with Gasteiger partial charge in [0.15, 0.2) is 0 Å². The zero-order valence-electron chi connectivity index (χ0n) is 20.1. The Morgan fingerprint density at radius 1 is 0.576 bits per heavy atom. The normalized spacial score (nSPS) is 12.6. The molecule has 0 radical (unpaired) electrons. The average Bonchev–Trinajstić information content (AvgIpc) is 2.86. The first-order valence-corrected chi connectivity index (χ1v) is 11.4. The van der Waals surface area contributed by atoms with Gasteiger partial charge in [-0.2, -0.15) is 0 Å². The minimum Gasteiger partial charge on any atom is -0.492 e. The maximum absolute atomic E-state index is 9.87. The number of rotatable bonds is 10. The van der Waals surface area contributed by atoms with Gasteiger partial charge in [-0.25, -0.2) is 0 Å². The van der Waals surface area contributed by atoms with Crippen LogP contribution in [0.25, 0.3) is 0 Å². The number of benzene rings is 3. The van der Waals surface area contributed by atoms with Gasteiger partial charge in [0.1, 0.15) is 12.4 Å². The molecular formula is C29H36O4. The van der Waals surface area contributed by atoms with E-state index >= 15 is 0 Å². The summed E-state index contributed by atoms with van der Waals surface area (Å²) in [4.78, 5) is 0. The fourth-order valence-corrected chi connectivity index (χ4v) is 4.21. The number of aliphatic hydroxyl groups excluding tert-OH is 3. The first-order chi connectivity index (χ1) is 15.7. The molecule has 0 fully saturated rings. The first-order valence-electron chi connectivity index (χ1n) is 11.4. The van der Waals surface area contributed by atoms with Gasteiger partial charge in [-0.05, 0) is 11.1 Å². The third kappa shape index (κ3) is 4.98. The third-order valence-corrected chi connectivity index (χ3v) is 6.88. The van der Waals surface area contributed by atoms with Gasteiger partial charge in [0.2, 0.25) is 0 Å². The van der Waals surface area contributed by atoms with Crippen LogP contribution in [0.1, 0.15) is 49.9 Å². The molecule has 0 saturated carbocycles. The standard InChI is InChI=1S/C29H36O4/c1-27(2,22-12-7-5-8-13-22)24-16-11-17-25(28(3,4)23-14-9-6-10-15-23)26(24)33-21-29(18-30,19-31)20-32/h5-17,30-32H,18-21H2,1-4H3. The van der Waals surface area contributed by atoms with Crippen molar-refractivity contribution >= 4 is 0 Å². The lowest BCUT2D eigenvalue weighted by Crippen LogP contribution is -2.40. The maximum atomic E-state index is 9.87. The van der Waals surface area contributed by atoms with Gasteiger partial charge in [-0.3, -0.25) is 0 Å². The van der Waals surface area contributed by atoms with Crippen LogP contribution in [0.4, 0.5) is 0 Å². The second-order valence-corrected chi connectivity index (χ2v) is 9.93. The molecule has 3 N–H and O–H groups in total. The van der Waals surface area contributed by atoms with E-state index in [4.69, 9.17) is 4.74 Å². The lowest BCUT2D eigenvalue weighted by molar-refractivity contribution is -0.0265. The smallest absolute Gasteiger partial charge is 0.127 e. The molecule has 3 rings (SSSR count). The molecule has 0 heterocycles. The summed E-state index contributed by atoms with van der Waals surface area (Å²) in [7, 11) is 0. The van der Waals surface area contributed by atoms with Gasteiger partial charge in [0, 0.05) is 22.0 Å². The molecular weight excluding hydrogens is 412 g/mol. The highest BCUT2D eigenvalue weighted by molar-refractivity contribution is 5.55. The number of aliphatic hydroxyl groups is 3. The van der Waals surface area contributed by atoms with Gasteiger partial charge in [0.25, 0.3) is 0 Å². The molecule has 0 saturated heterocycles. The van der Waals surface area contributed by atoms with Gasteiger partial charge in [-0.1, -0.05) is 107 Å². The van der Waals surface area contributed by atoms with Crippen molar-refractivity contribution in [1.82, 2.24) is 0 Å². The molecule has 0 aliphatic rings. The molecule has 3 aromatic carbocycles. The lowest BCUT2D eigenvalue weighted by atomic mass is 9.72. The molecule has 0 bridgehead atoms. The average molecular weight is 449 g/mol. The van der Waals surface area contributed by atoms with E-state index in [1.165, 1.54) is 0 Å². The fraction of sp³-hybridized carbons (Fsp3) is 0.379. The Kier molecular flexibility index (Phi) is 7.63. The predicted molar refractivity (Wildman–Crippen MR) is 133 cm³/mol. The first kappa shape index (κ1) is 25.0. The van der Waals surface area contributed by atoms with Crippen LogP contribution >= 0.6 is 0 Å². The van der Waals surface area contributed by atoms with Gasteiger partial charge in [0.05, 0.1) is 25.2 Å². The highest BCUT2D eigenvalue weighted by atomic mass is 16.5. The summed E-state index contributed by atoms with van der Waals surface area (Å²) in [5.74, 6) is 0.722. The van der Waals surface area contributed by atoms with Crippen molar-refractivity contribution in [2.75, 3.05) is 26.4 Å². The maximum Gasteiger partial charge on any atom is 0.127 e. The number of ether oxygens (including phenoxy) is 1. The Hall–Kier alpha value is -2.66. The zero-order valence-corrected chi connectivity index (χ0v) is 20.1. The van der Waals surface area contributed by atoms with Crippen molar-refractivity contribution in [2.45, 2.75) is 38.5 Å². The second-order valence-electron chi connectivity index (χ2n) is 9.93. The van der Waals surface area contributed by atoms with Crippen molar-refractivity contribution in [3.05, 3.63) is 101 Å². The molecule has 0 spiro atoms. The molecule has 4 nitrogen and oxygen atoms in total. The Bertz CT molecular complexity index is 944. The van der Waals surface area contributed by atoms with Crippen LogP contribution in [0.3, 0.4) is 0 Å². The molecule has 0 aromatic heterocycles. The number of hydrogen-bond acceptors (Lipinski definition) is 4. The van der Waals surface area contributed by atoms with Gasteiger partial charge >= 0.3 is 0 Å². The van der Waals surface area contributed by atoms with E-state index in [2.05, 4.69) is 70.2 Å². The Morgan fingerprint density at radius 3 is 1.33 bits per heavy atom. The fourth-order valence-electron chi connectivity index (χ4n) is 4.21. The SMILES string of the molecule is CC(C)(c1ccccc1)c1cccc(C(C)(C)c2ccccc2)c1OCC(CO)(CO)CO. The number of para-hydroxylation sites is 1. The van der Waals surface area contributed by atoms with Crippen LogP contribution < -0.4 is 4.74 Å². The van der Waals surface area contributed by atoms with Gasteiger partial charge < -0.3 is 20.1 Å². The molecule has 176 valence electrons. The lowest BCUT2D eigenvalue weighted by Gasteiger charge is -2.36. The van der Waals surface area contributed by atoms with E-state index in [-0.39, 0.29) is 37.3 Å². The van der Waals surface area contributed by atoms with Gasteiger partial charge in [-0.15, -0.1) is 0 Å². The molecule has 4 heteroatoms. The summed E-state index contributed by atoms with van der Waals surface area (Å²) in [5.41, 5.74) is 2.48. The minimum atomic E-state index is -1.13. The summed E-state index contributed by atoms with van der Waals surface area (Å²) in [5, 5.41) is 29.6. The highest BCUT2D eigenvalue weighted by Gasteiger charge is 2.35. The number of hydrogen-bond donors (Lipinski definition) is 3. The largest absolute Gasteiger partial charge is 0.492 e. The van der Waals surface area contributed by atoms with E-state index in [9.17, 15) is 15.3 Å². The summed E-state index contributed by atoms with van der Waals surface area (Å²) in [6.45, 7) is 7.55.